The van der Waals surface area contributed by atoms with Crippen LogP contribution in [0.5, 0.6) is 0 Å². The molecule has 19 heavy (non-hydrogen) atoms. The van der Waals surface area contributed by atoms with Gasteiger partial charge in [0.1, 0.15) is 10.7 Å². The Hall–Kier alpha value is -0.660. The normalized spacial score (nSPS) is 13.6. The fourth-order valence-corrected chi connectivity index (χ4v) is 4.23. The summed E-state index contributed by atoms with van der Waals surface area (Å²) in [5.41, 5.74) is 0. The summed E-state index contributed by atoms with van der Waals surface area (Å²) in [5, 5.41) is 2.83. The van der Waals surface area contributed by atoms with Gasteiger partial charge in [0.15, 0.2) is 0 Å². The van der Waals surface area contributed by atoms with Crippen LogP contribution in [-0.2, 0) is 10.0 Å². The van der Waals surface area contributed by atoms with Crippen LogP contribution in [0.25, 0.3) is 0 Å². The molecule has 108 valence electrons. The number of nitrogens with one attached hydrogen (secondary N) is 1. The van der Waals surface area contributed by atoms with E-state index in [1.54, 1.807) is 19.3 Å². The van der Waals surface area contributed by atoms with Crippen LogP contribution in [0.1, 0.15) is 27.2 Å². The van der Waals surface area contributed by atoms with Crippen LogP contribution in [-0.4, -0.2) is 37.3 Å². The Balaban J connectivity index is 3.37. The topological polar surface area (TPSA) is 62.3 Å². The van der Waals surface area contributed by atoms with E-state index in [-0.39, 0.29) is 10.9 Å². The molecule has 0 aliphatic rings. The molecule has 0 saturated heterocycles. The van der Waals surface area contributed by atoms with Crippen LogP contribution in [0.2, 0.25) is 0 Å². The van der Waals surface area contributed by atoms with Crippen molar-refractivity contribution in [1.29, 1.82) is 0 Å². The molecular weight excluding hydrogens is 330 g/mol. The van der Waals surface area contributed by atoms with Crippen molar-refractivity contribution in [3.05, 3.63) is 16.7 Å². The average molecular weight is 350 g/mol. The molecule has 0 spiro atoms. The number of aromatic nitrogens is 1. The Labute approximate surface area is 123 Å². The number of pyridine rings is 1. The van der Waals surface area contributed by atoms with Gasteiger partial charge in [0, 0.05) is 30.3 Å². The highest BCUT2D eigenvalue weighted by Crippen LogP contribution is 2.27. The standard InChI is InChI=1S/C12H20BrN3O2S/c1-5-9(3)16(6-2)19(17,18)11-7-10(13)8-15-12(11)14-4/h7-9H,5-6H2,1-4H3,(H,14,15). The molecule has 0 aliphatic carbocycles. The van der Waals surface area contributed by atoms with E-state index in [2.05, 4.69) is 26.2 Å². The third kappa shape index (κ3) is 3.46. The molecule has 7 heteroatoms. The zero-order chi connectivity index (χ0) is 14.6. The number of halogens is 1. The van der Waals surface area contributed by atoms with Crippen molar-refractivity contribution >= 4 is 31.8 Å². The van der Waals surface area contributed by atoms with Crippen LogP contribution < -0.4 is 5.32 Å². The first-order valence-electron chi connectivity index (χ1n) is 6.23. The van der Waals surface area contributed by atoms with E-state index in [0.29, 0.717) is 16.8 Å². The number of hydrogen-bond donors (Lipinski definition) is 1. The second-order valence-corrected chi connectivity index (χ2v) is 6.99. The summed E-state index contributed by atoms with van der Waals surface area (Å²) in [6.45, 7) is 6.16. The molecular formula is C12H20BrN3O2S. The SMILES string of the molecule is CCC(C)N(CC)S(=O)(=O)c1cc(Br)cnc1NC. The molecule has 0 aromatic carbocycles. The molecule has 0 saturated carbocycles. The minimum Gasteiger partial charge on any atom is -0.372 e. The smallest absolute Gasteiger partial charge is 0.247 e. The Kier molecular flexibility index (Phi) is 5.76. The molecule has 1 aromatic heterocycles. The van der Waals surface area contributed by atoms with Gasteiger partial charge in [-0.1, -0.05) is 13.8 Å². The van der Waals surface area contributed by atoms with Gasteiger partial charge in [-0.15, -0.1) is 0 Å². The van der Waals surface area contributed by atoms with E-state index in [0.717, 1.165) is 6.42 Å². The van der Waals surface area contributed by atoms with Crippen LogP contribution in [0.4, 0.5) is 5.82 Å². The maximum atomic E-state index is 12.7. The highest BCUT2D eigenvalue weighted by Gasteiger charge is 2.29. The zero-order valence-corrected chi connectivity index (χ0v) is 14.0. The molecule has 0 amide bonds. The lowest BCUT2D eigenvalue weighted by Gasteiger charge is -2.27. The van der Waals surface area contributed by atoms with Gasteiger partial charge in [-0.25, -0.2) is 13.4 Å². The van der Waals surface area contributed by atoms with E-state index in [1.165, 1.54) is 4.31 Å². The summed E-state index contributed by atoms with van der Waals surface area (Å²) in [4.78, 5) is 4.30. The van der Waals surface area contributed by atoms with Crippen LogP contribution in [0.15, 0.2) is 21.6 Å². The van der Waals surface area contributed by atoms with Gasteiger partial charge < -0.3 is 5.32 Å². The van der Waals surface area contributed by atoms with Crippen molar-refractivity contribution in [1.82, 2.24) is 9.29 Å². The highest BCUT2D eigenvalue weighted by atomic mass is 79.9. The molecule has 5 nitrogen and oxygen atoms in total. The molecule has 0 fully saturated rings. The Bertz CT molecular complexity index is 534. The van der Waals surface area contributed by atoms with Gasteiger partial charge in [0.05, 0.1) is 0 Å². The predicted octanol–water partition coefficient (Wildman–Crippen LogP) is 2.69. The first-order chi connectivity index (χ1) is 8.88. The van der Waals surface area contributed by atoms with E-state index >= 15 is 0 Å². The maximum Gasteiger partial charge on any atom is 0.247 e. The van der Waals surface area contributed by atoms with Gasteiger partial charge in [-0.05, 0) is 35.3 Å². The molecule has 0 radical (unpaired) electrons. The molecule has 1 unspecified atom stereocenters. The maximum absolute atomic E-state index is 12.7. The summed E-state index contributed by atoms with van der Waals surface area (Å²) in [6.07, 6.45) is 2.34. The molecule has 1 heterocycles. The van der Waals surface area contributed by atoms with Gasteiger partial charge in [-0.2, -0.15) is 4.31 Å². The van der Waals surface area contributed by atoms with Crippen LogP contribution in [0.3, 0.4) is 0 Å². The number of sulfonamides is 1. The quantitative estimate of drug-likeness (QED) is 0.857. The Morgan fingerprint density at radius 2 is 2.11 bits per heavy atom. The summed E-state index contributed by atoms with van der Waals surface area (Å²) in [5.74, 6) is 0.366. The highest BCUT2D eigenvalue weighted by molar-refractivity contribution is 9.10. The molecule has 1 atom stereocenters. The summed E-state index contributed by atoms with van der Waals surface area (Å²) in [7, 11) is -1.89. The summed E-state index contributed by atoms with van der Waals surface area (Å²) < 4.78 is 27.6. The summed E-state index contributed by atoms with van der Waals surface area (Å²) >= 11 is 3.27. The Morgan fingerprint density at radius 3 is 2.58 bits per heavy atom. The minimum atomic E-state index is -3.55. The second kappa shape index (κ2) is 6.67. The van der Waals surface area contributed by atoms with Crippen molar-refractivity contribution in [3.8, 4) is 0 Å². The monoisotopic (exact) mass is 349 g/mol. The van der Waals surface area contributed by atoms with Crippen molar-refractivity contribution in [2.75, 3.05) is 18.9 Å². The predicted molar refractivity (Wildman–Crippen MR) is 80.8 cm³/mol. The number of hydrogen-bond acceptors (Lipinski definition) is 4. The number of anilines is 1. The lowest BCUT2D eigenvalue weighted by atomic mass is 10.3. The van der Waals surface area contributed by atoms with E-state index in [1.807, 2.05) is 20.8 Å². The van der Waals surface area contributed by atoms with Crippen molar-refractivity contribution in [2.24, 2.45) is 0 Å². The van der Waals surface area contributed by atoms with E-state index in [4.69, 9.17) is 0 Å². The lowest BCUT2D eigenvalue weighted by Crippen LogP contribution is -2.38. The van der Waals surface area contributed by atoms with Gasteiger partial charge in [0.2, 0.25) is 10.0 Å². The lowest BCUT2D eigenvalue weighted by molar-refractivity contribution is 0.342. The molecule has 1 aromatic rings. The first kappa shape index (κ1) is 16.4. The fraction of sp³-hybridized carbons (Fsp3) is 0.583. The first-order valence-corrected chi connectivity index (χ1v) is 8.46. The number of nitrogens with zero attached hydrogens (tertiary/aromatic N) is 2. The third-order valence-corrected chi connectivity index (χ3v) is 5.57. The molecule has 0 bridgehead atoms. The minimum absolute atomic E-state index is 0.0429. The van der Waals surface area contributed by atoms with Gasteiger partial charge in [0.25, 0.3) is 0 Å². The average Bonchev–Trinajstić information content (AvgIpc) is 2.38. The second-order valence-electron chi connectivity index (χ2n) is 4.22. The van der Waals surface area contributed by atoms with E-state index in [9.17, 15) is 8.42 Å². The number of rotatable bonds is 6. The molecule has 0 aliphatic heterocycles. The largest absolute Gasteiger partial charge is 0.372 e. The van der Waals surface area contributed by atoms with Crippen molar-refractivity contribution in [2.45, 2.75) is 38.1 Å². The Morgan fingerprint density at radius 1 is 1.47 bits per heavy atom. The van der Waals surface area contributed by atoms with Crippen molar-refractivity contribution in [3.63, 3.8) is 0 Å². The van der Waals surface area contributed by atoms with Crippen LogP contribution >= 0.6 is 15.9 Å². The zero-order valence-electron chi connectivity index (χ0n) is 11.6. The van der Waals surface area contributed by atoms with Crippen molar-refractivity contribution < 1.29 is 8.42 Å². The van der Waals surface area contributed by atoms with Crippen LogP contribution in [0, 0.1) is 0 Å². The van der Waals surface area contributed by atoms with Gasteiger partial charge >= 0.3 is 0 Å². The van der Waals surface area contributed by atoms with E-state index < -0.39 is 10.0 Å². The van der Waals surface area contributed by atoms with Gasteiger partial charge in [-0.3, -0.25) is 0 Å². The third-order valence-electron chi connectivity index (χ3n) is 3.04. The summed E-state index contributed by atoms with van der Waals surface area (Å²) in [6, 6.07) is 1.54. The molecule has 1 rings (SSSR count). The fourth-order valence-electron chi connectivity index (χ4n) is 1.85. The molecule has 1 N–H and O–H groups in total.